The number of ketones is 1. The molecule has 1 saturated heterocycles. The molecule has 224 valence electrons. The van der Waals surface area contributed by atoms with Crippen LogP contribution in [-0.2, 0) is 6.54 Å². The molecule has 43 heavy (non-hydrogen) atoms. The number of thiol groups is 1. The third kappa shape index (κ3) is 9.30. The highest BCUT2D eigenvalue weighted by molar-refractivity contribution is 9.10. The molecule has 0 radical (unpaired) electrons. The van der Waals surface area contributed by atoms with Crippen LogP contribution in [0, 0.1) is 0 Å². The SMILES string of the molecule is CN(CCS)Cc1ccc(Br)cc1C(O)c1ccccc1.O=C(c1ccccc1)c1cc(Br)ccc1C(=O)N1CCSC1. The zero-order chi connectivity index (χ0) is 30.8. The summed E-state index contributed by atoms with van der Waals surface area (Å²) in [6.45, 7) is 2.45. The van der Waals surface area contributed by atoms with Crippen LogP contribution in [0.3, 0.4) is 0 Å². The summed E-state index contributed by atoms with van der Waals surface area (Å²) in [5.41, 5.74) is 4.50. The van der Waals surface area contributed by atoms with Crippen LogP contribution < -0.4 is 0 Å². The van der Waals surface area contributed by atoms with E-state index < -0.39 is 6.10 Å². The summed E-state index contributed by atoms with van der Waals surface area (Å²) in [6, 6.07) is 30.2. The Hall–Kier alpha value is -2.40. The molecule has 0 aromatic heterocycles. The maximum Gasteiger partial charge on any atom is 0.255 e. The Morgan fingerprint density at radius 2 is 1.58 bits per heavy atom. The van der Waals surface area contributed by atoms with E-state index in [-0.39, 0.29) is 11.7 Å². The minimum absolute atomic E-state index is 0.0724. The summed E-state index contributed by atoms with van der Waals surface area (Å²) in [6.07, 6.45) is -0.608. The van der Waals surface area contributed by atoms with Crippen LogP contribution in [-0.4, -0.2) is 64.1 Å². The zero-order valence-corrected chi connectivity index (χ0v) is 28.7. The Balaban J connectivity index is 0.000000197. The van der Waals surface area contributed by atoms with Gasteiger partial charge in [0.2, 0.25) is 0 Å². The number of rotatable bonds is 9. The largest absolute Gasteiger partial charge is 0.384 e. The van der Waals surface area contributed by atoms with E-state index in [0.717, 1.165) is 56.8 Å². The van der Waals surface area contributed by atoms with E-state index >= 15 is 0 Å². The molecular weight excluding hydrogens is 708 g/mol. The van der Waals surface area contributed by atoms with Crippen molar-refractivity contribution in [1.29, 1.82) is 0 Å². The highest BCUT2D eigenvalue weighted by Crippen LogP contribution is 2.29. The lowest BCUT2D eigenvalue weighted by Gasteiger charge is -2.21. The standard InChI is InChI=1S/C17H14BrNO2S.C17H20BrNOS/c18-13-6-7-14(17(21)19-8-9-22-11-19)15(10-13)16(20)12-4-2-1-3-5-12;1-19(9-10-21)12-14-7-8-15(18)11-16(14)17(20)13-5-3-2-4-6-13/h1-7,10H,8-9,11H2;2-8,11,17,20-21H,9-10,12H2,1H3. The monoisotopic (exact) mass is 740 g/mol. The van der Waals surface area contributed by atoms with Gasteiger partial charge in [0, 0.05) is 51.2 Å². The number of carbonyl (C=O) groups is 2. The zero-order valence-electron chi connectivity index (χ0n) is 23.8. The molecule has 1 unspecified atom stereocenters. The van der Waals surface area contributed by atoms with Gasteiger partial charge in [0.25, 0.3) is 5.91 Å². The van der Waals surface area contributed by atoms with Crippen molar-refractivity contribution in [2.24, 2.45) is 0 Å². The minimum atomic E-state index is -0.608. The van der Waals surface area contributed by atoms with Gasteiger partial charge < -0.3 is 14.9 Å². The van der Waals surface area contributed by atoms with Crippen LogP contribution in [0.2, 0.25) is 0 Å². The van der Waals surface area contributed by atoms with E-state index in [0.29, 0.717) is 22.6 Å². The molecule has 1 aliphatic rings. The molecule has 0 aliphatic carbocycles. The van der Waals surface area contributed by atoms with Crippen LogP contribution in [0.15, 0.2) is 106 Å². The summed E-state index contributed by atoms with van der Waals surface area (Å²) in [7, 11) is 2.07. The van der Waals surface area contributed by atoms with Crippen molar-refractivity contribution in [3.05, 3.63) is 139 Å². The highest BCUT2D eigenvalue weighted by atomic mass is 79.9. The number of hydrogen-bond acceptors (Lipinski definition) is 6. The van der Waals surface area contributed by atoms with Crippen molar-refractivity contribution in [2.45, 2.75) is 12.6 Å². The molecule has 9 heteroatoms. The van der Waals surface area contributed by atoms with Gasteiger partial charge in [-0.1, -0.05) is 98.6 Å². The average molecular weight is 743 g/mol. The maximum absolute atomic E-state index is 12.7. The van der Waals surface area contributed by atoms with Crippen molar-refractivity contribution in [1.82, 2.24) is 9.80 Å². The first-order valence-corrected chi connectivity index (χ1v) is 17.2. The van der Waals surface area contributed by atoms with E-state index in [1.54, 1.807) is 47.0 Å². The van der Waals surface area contributed by atoms with E-state index in [9.17, 15) is 14.7 Å². The molecular formula is C34H34Br2N2O3S2. The quantitative estimate of drug-likeness (QED) is 0.136. The summed E-state index contributed by atoms with van der Waals surface area (Å²) in [4.78, 5) is 29.4. The number of benzene rings is 4. The number of nitrogens with zero attached hydrogens (tertiary/aromatic N) is 2. The first kappa shape index (κ1) is 33.5. The number of carbonyl (C=O) groups excluding carboxylic acids is 2. The van der Waals surface area contributed by atoms with E-state index in [4.69, 9.17) is 0 Å². The molecule has 1 amide bonds. The third-order valence-electron chi connectivity index (χ3n) is 6.97. The average Bonchev–Trinajstić information content (AvgIpc) is 3.57. The van der Waals surface area contributed by atoms with Crippen LogP contribution in [0.1, 0.15) is 49.1 Å². The van der Waals surface area contributed by atoms with Gasteiger partial charge in [-0.2, -0.15) is 12.6 Å². The van der Waals surface area contributed by atoms with Crippen molar-refractivity contribution in [3.63, 3.8) is 0 Å². The molecule has 4 aromatic carbocycles. The van der Waals surface area contributed by atoms with Gasteiger partial charge in [0.1, 0.15) is 6.10 Å². The van der Waals surface area contributed by atoms with Gasteiger partial charge >= 0.3 is 0 Å². The van der Waals surface area contributed by atoms with E-state index in [1.165, 1.54) is 0 Å². The van der Waals surface area contributed by atoms with E-state index in [2.05, 4.69) is 62.5 Å². The van der Waals surface area contributed by atoms with E-state index in [1.807, 2.05) is 60.7 Å². The first-order valence-electron chi connectivity index (χ1n) is 13.9. The van der Waals surface area contributed by atoms with Gasteiger partial charge in [-0.3, -0.25) is 9.59 Å². The van der Waals surface area contributed by atoms with Crippen molar-refractivity contribution >= 4 is 67.9 Å². The molecule has 1 N–H and O–H groups in total. The summed E-state index contributed by atoms with van der Waals surface area (Å²) < 4.78 is 1.77. The topological polar surface area (TPSA) is 60.9 Å². The Kier molecular flexibility index (Phi) is 12.9. The molecule has 1 atom stereocenters. The van der Waals surface area contributed by atoms with Gasteiger partial charge in [-0.25, -0.2) is 0 Å². The Bertz CT molecular complexity index is 1520. The Labute approximate surface area is 280 Å². The van der Waals surface area contributed by atoms with Crippen LogP contribution in [0.5, 0.6) is 0 Å². The van der Waals surface area contributed by atoms with Crippen molar-refractivity contribution in [2.75, 3.05) is 37.5 Å². The smallest absolute Gasteiger partial charge is 0.255 e. The summed E-state index contributed by atoms with van der Waals surface area (Å²) >= 11 is 12.9. The minimum Gasteiger partial charge on any atom is -0.384 e. The van der Waals surface area contributed by atoms with Crippen LogP contribution in [0.25, 0.3) is 0 Å². The predicted octanol–water partition coefficient (Wildman–Crippen LogP) is 7.72. The van der Waals surface area contributed by atoms with Gasteiger partial charge in [0.05, 0.1) is 11.4 Å². The number of thioether (sulfide) groups is 1. The molecule has 1 heterocycles. The number of halogens is 2. The molecule has 1 fully saturated rings. The van der Waals surface area contributed by atoms with Crippen LogP contribution >= 0.6 is 56.3 Å². The van der Waals surface area contributed by atoms with Crippen molar-refractivity contribution < 1.29 is 14.7 Å². The maximum atomic E-state index is 12.7. The lowest BCUT2D eigenvalue weighted by molar-refractivity contribution is 0.0797. The van der Waals surface area contributed by atoms with Gasteiger partial charge in [-0.05, 0) is 54.1 Å². The molecule has 5 rings (SSSR count). The normalized spacial score (nSPS) is 13.4. The first-order chi connectivity index (χ1) is 20.8. The lowest BCUT2D eigenvalue weighted by Crippen LogP contribution is -2.29. The molecule has 5 nitrogen and oxygen atoms in total. The second-order valence-corrected chi connectivity index (χ2v) is 13.5. The number of hydrogen-bond donors (Lipinski definition) is 2. The van der Waals surface area contributed by atoms with Gasteiger partial charge in [-0.15, -0.1) is 11.8 Å². The summed E-state index contributed by atoms with van der Waals surface area (Å²) in [5, 5.41) is 10.7. The van der Waals surface area contributed by atoms with Crippen LogP contribution in [0.4, 0.5) is 0 Å². The number of aliphatic hydroxyl groups is 1. The van der Waals surface area contributed by atoms with Gasteiger partial charge in [0.15, 0.2) is 5.78 Å². The van der Waals surface area contributed by atoms with Crippen molar-refractivity contribution in [3.8, 4) is 0 Å². The summed E-state index contributed by atoms with van der Waals surface area (Å²) in [5.74, 6) is 2.26. The Morgan fingerprint density at radius 3 is 2.23 bits per heavy atom. The predicted molar refractivity (Wildman–Crippen MR) is 187 cm³/mol. The number of aliphatic hydroxyl groups excluding tert-OH is 1. The second-order valence-electron chi connectivity index (χ2n) is 10.1. The molecule has 1 aliphatic heterocycles. The third-order valence-corrected chi connectivity index (χ3v) is 9.12. The lowest BCUT2D eigenvalue weighted by atomic mass is 9.96. The molecule has 0 saturated carbocycles. The molecule has 4 aromatic rings. The Morgan fingerprint density at radius 1 is 0.930 bits per heavy atom. The fraction of sp³-hybridized carbons (Fsp3) is 0.235. The highest BCUT2D eigenvalue weighted by Gasteiger charge is 2.25. The number of amides is 1. The second kappa shape index (κ2) is 16.6. The fourth-order valence-corrected chi connectivity index (χ4v) is 6.73. The fourth-order valence-electron chi connectivity index (χ4n) is 4.70. The molecule has 0 spiro atoms. The molecule has 0 bridgehead atoms.